The summed E-state index contributed by atoms with van der Waals surface area (Å²) < 4.78 is 0. The summed E-state index contributed by atoms with van der Waals surface area (Å²) in [5.41, 5.74) is 20.0. The lowest BCUT2D eigenvalue weighted by Gasteiger charge is -2.20. The molecule has 0 radical (unpaired) electrons. The molecule has 8 rings (SSSR count). The van der Waals surface area contributed by atoms with Crippen LogP contribution in [-0.4, -0.2) is 11.2 Å². The molecule has 3 heteroatoms. The molecule has 0 saturated heterocycles. The van der Waals surface area contributed by atoms with Crippen molar-refractivity contribution in [3.63, 3.8) is 0 Å². The summed E-state index contributed by atoms with van der Waals surface area (Å²) in [6, 6.07) is 47.1. The Balaban J connectivity index is 1.29. The number of pyridine rings is 1. The minimum absolute atomic E-state index is 0.668. The van der Waals surface area contributed by atoms with Crippen molar-refractivity contribution >= 4 is 39.5 Å². The highest BCUT2D eigenvalue weighted by atomic mass is 14.6. The van der Waals surface area contributed by atoms with Crippen molar-refractivity contribution < 1.29 is 0 Å². The van der Waals surface area contributed by atoms with Crippen LogP contribution in [0, 0.1) is 5.41 Å². The van der Waals surface area contributed by atoms with Crippen LogP contribution in [-0.2, 0) is 0 Å². The fourth-order valence-corrected chi connectivity index (χ4v) is 7.10. The average Bonchev–Trinajstić information content (AvgIpc) is 3.49. The Labute approximate surface area is 286 Å². The van der Waals surface area contributed by atoms with Crippen molar-refractivity contribution in [1.82, 2.24) is 4.98 Å². The highest BCUT2D eigenvalue weighted by molar-refractivity contribution is 6.28. The number of nitrogens with zero attached hydrogens (tertiary/aromatic N) is 1. The van der Waals surface area contributed by atoms with Gasteiger partial charge in [-0.2, -0.15) is 0 Å². The lowest BCUT2D eigenvalue weighted by molar-refractivity contribution is 1.30. The van der Waals surface area contributed by atoms with Crippen LogP contribution in [0.25, 0.3) is 77.8 Å². The third-order valence-corrected chi connectivity index (χ3v) is 9.21. The molecule has 0 aliphatic heterocycles. The first-order valence-corrected chi connectivity index (χ1v) is 16.4. The number of allylic oxidation sites excluding steroid dienone is 6. The van der Waals surface area contributed by atoms with Gasteiger partial charge in [0.1, 0.15) is 0 Å². The zero-order valence-corrected chi connectivity index (χ0v) is 26.8. The molecule has 0 spiro atoms. The number of rotatable bonds is 8. The van der Waals surface area contributed by atoms with E-state index in [1.54, 1.807) is 6.20 Å². The summed E-state index contributed by atoms with van der Waals surface area (Å²) in [7, 11) is 0. The van der Waals surface area contributed by atoms with Crippen LogP contribution in [0.3, 0.4) is 0 Å². The van der Waals surface area contributed by atoms with Gasteiger partial charge in [-0.1, -0.05) is 146 Å². The molecular weight excluding hydrogens is 595 g/mol. The Morgan fingerprint density at radius 3 is 1.80 bits per heavy atom. The van der Waals surface area contributed by atoms with E-state index in [4.69, 9.17) is 11.1 Å². The van der Waals surface area contributed by atoms with Gasteiger partial charge in [-0.05, 0) is 95.9 Å². The molecule has 0 atom stereocenters. The minimum Gasteiger partial charge on any atom is -0.398 e. The van der Waals surface area contributed by atoms with Crippen molar-refractivity contribution in [3.05, 3.63) is 187 Å². The third-order valence-electron chi connectivity index (χ3n) is 9.21. The Bertz CT molecular complexity index is 2390. The second kappa shape index (κ2) is 12.9. The maximum atomic E-state index is 7.89. The van der Waals surface area contributed by atoms with Gasteiger partial charge in [-0.25, -0.2) is 0 Å². The molecule has 232 valence electrons. The Morgan fingerprint density at radius 1 is 0.551 bits per heavy atom. The lowest BCUT2D eigenvalue weighted by Crippen LogP contribution is -1.97. The van der Waals surface area contributed by atoms with E-state index in [0.29, 0.717) is 5.70 Å². The summed E-state index contributed by atoms with van der Waals surface area (Å²) in [4.78, 5) is 4.31. The van der Waals surface area contributed by atoms with Crippen molar-refractivity contribution in [1.29, 1.82) is 5.41 Å². The second-order valence-corrected chi connectivity index (χ2v) is 12.1. The number of fused-ring (bicyclic) bond motifs is 4. The first kappa shape index (κ1) is 29.8. The van der Waals surface area contributed by atoms with E-state index in [1.807, 2.05) is 54.7 Å². The number of nitrogens with one attached hydrogen (secondary N) is 1. The molecule has 49 heavy (non-hydrogen) atoms. The van der Waals surface area contributed by atoms with Gasteiger partial charge in [0.05, 0.1) is 5.69 Å². The quantitative estimate of drug-likeness (QED) is 0.130. The Morgan fingerprint density at radius 2 is 1.16 bits per heavy atom. The van der Waals surface area contributed by atoms with Gasteiger partial charge >= 0.3 is 0 Å². The average molecular weight is 628 g/mol. The maximum absolute atomic E-state index is 7.89. The van der Waals surface area contributed by atoms with E-state index < -0.39 is 0 Å². The smallest absolute Gasteiger partial charge is 0.0629 e. The molecule has 3 N–H and O–H groups in total. The molecular formula is C46H33N3. The van der Waals surface area contributed by atoms with Gasteiger partial charge in [-0.3, -0.25) is 4.98 Å². The summed E-state index contributed by atoms with van der Waals surface area (Å²) >= 11 is 0. The Hall–Kier alpha value is -6.58. The van der Waals surface area contributed by atoms with Crippen LogP contribution in [0.2, 0.25) is 0 Å². The van der Waals surface area contributed by atoms with E-state index in [-0.39, 0.29) is 0 Å². The zero-order valence-electron chi connectivity index (χ0n) is 26.8. The molecule has 1 aliphatic rings. The molecule has 0 unspecified atom stereocenters. The predicted octanol–water partition coefficient (Wildman–Crippen LogP) is 11.5. The van der Waals surface area contributed by atoms with Crippen LogP contribution >= 0.6 is 0 Å². The number of benzene rings is 6. The summed E-state index contributed by atoms with van der Waals surface area (Å²) in [6.45, 7) is 0. The largest absolute Gasteiger partial charge is 0.398 e. The van der Waals surface area contributed by atoms with Gasteiger partial charge < -0.3 is 11.1 Å². The van der Waals surface area contributed by atoms with Crippen LogP contribution in [0.15, 0.2) is 176 Å². The molecule has 1 heterocycles. The number of hydrogen-bond donors (Lipinski definition) is 2. The van der Waals surface area contributed by atoms with Crippen LogP contribution in [0.5, 0.6) is 0 Å². The molecule has 0 amide bonds. The zero-order chi connectivity index (χ0) is 33.2. The molecule has 0 saturated carbocycles. The molecule has 1 aliphatic carbocycles. The van der Waals surface area contributed by atoms with E-state index in [1.165, 1.54) is 66.9 Å². The van der Waals surface area contributed by atoms with Crippen molar-refractivity contribution in [2.45, 2.75) is 0 Å². The van der Waals surface area contributed by atoms with Crippen LogP contribution in [0.4, 0.5) is 0 Å². The molecule has 0 bridgehead atoms. The first-order chi connectivity index (χ1) is 24.2. The second-order valence-electron chi connectivity index (χ2n) is 12.1. The molecule has 1 aromatic heterocycles. The summed E-state index contributed by atoms with van der Waals surface area (Å²) in [5, 5.41) is 12.7. The highest BCUT2D eigenvalue weighted by Crippen LogP contribution is 2.58. The fraction of sp³-hybridized carbons (Fsp3) is 0. The summed E-state index contributed by atoms with van der Waals surface area (Å²) in [5.74, 6) is 0. The van der Waals surface area contributed by atoms with Crippen molar-refractivity contribution in [3.8, 4) is 44.5 Å². The number of hydrogen-bond acceptors (Lipinski definition) is 3. The molecule has 3 nitrogen and oxygen atoms in total. The van der Waals surface area contributed by atoms with E-state index in [0.717, 1.165) is 22.2 Å². The van der Waals surface area contributed by atoms with Gasteiger partial charge in [-0.15, -0.1) is 0 Å². The predicted molar refractivity (Wildman–Crippen MR) is 208 cm³/mol. The molecule has 7 aromatic rings. The lowest BCUT2D eigenvalue weighted by atomic mass is 9.82. The topological polar surface area (TPSA) is 62.8 Å². The SMILES string of the molecule is N=CC(=C\C=C\c1ccccn1)/C=C/C=C(\N)c1ccc2c3c(cccc13)-c1c-2c(-c2ccccc2)c2ccccc2c1-c1ccccc1. The van der Waals surface area contributed by atoms with Gasteiger partial charge in [0.25, 0.3) is 0 Å². The third kappa shape index (κ3) is 5.38. The van der Waals surface area contributed by atoms with Crippen molar-refractivity contribution in [2.24, 2.45) is 5.73 Å². The summed E-state index contributed by atoms with van der Waals surface area (Å²) in [6.07, 6.45) is 14.5. The van der Waals surface area contributed by atoms with Gasteiger partial charge in [0, 0.05) is 23.7 Å². The van der Waals surface area contributed by atoms with Crippen LogP contribution in [0.1, 0.15) is 11.3 Å². The van der Waals surface area contributed by atoms with Gasteiger partial charge in [0.15, 0.2) is 0 Å². The molecule has 6 aromatic carbocycles. The fourth-order valence-electron chi connectivity index (χ4n) is 7.10. The Kier molecular flexibility index (Phi) is 7.85. The normalized spacial score (nSPS) is 12.7. The minimum atomic E-state index is 0.668. The number of aromatic nitrogens is 1. The van der Waals surface area contributed by atoms with E-state index in [2.05, 4.69) is 120 Å². The maximum Gasteiger partial charge on any atom is 0.0629 e. The first-order valence-electron chi connectivity index (χ1n) is 16.4. The van der Waals surface area contributed by atoms with E-state index >= 15 is 0 Å². The van der Waals surface area contributed by atoms with Crippen molar-refractivity contribution in [2.75, 3.05) is 0 Å². The molecule has 0 fully saturated rings. The standard InChI is InChI=1S/C46H33N3/c47-30-31(14-11-21-34-20-9-10-29-49-34)15-12-26-41(48)35-27-28-40-44-36(35)24-13-25-39(44)45-42(32-16-3-1-4-17-32)37-22-7-8-23-38(37)43(46(40)45)33-18-5-2-6-19-33/h1-30,47H,48H2/b15-12+,21-11+,31-14-,41-26-,47-30?. The van der Waals surface area contributed by atoms with Crippen LogP contribution < -0.4 is 5.73 Å². The monoisotopic (exact) mass is 627 g/mol. The highest BCUT2D eigenvalue weighted by Gasteiger charge is 2.31. The number of nitrogens with two attached hydrogens (primary N) is 1. The van der Waals surface area contributed by atoms with E-state index in [9.17, 15) is 0 Å². The van der Waals surface area contributed by atoms with Gasteiger partial charge in [0.2, 0.25) is 0 Å².